The van der Waals surface area contributed by atoms with Crippen LogP contribution in [0.5, 0.6) is 0 Å². The number of carbonyl (C=O) groups excluding carboxylic acids is 3. The van der Waals surface area contributed by atoms with Crippen LogP contribution in [0.3, 0.4) is 0 Å². The maximum absolute atomic E-state index is 12.0. The summed E-state index contributed by atoms with van der Waals surface area (Å²) >= 11 is 0. The number of cyclic esters (lactones) is 2. The number of allylic oxidation sites excluding steroid dienone is 2. The number of hydrogen-bond acceptors (Lipinski definition) is 5. The van der Waals surface area contributed by atoms with Crippen LogP contribution in [0.2, 0.25) is 0 Å². The molecule has 3 rings (SSSR count). The van der Waals surface area contributed by atoms with E-state index in [9.17, 15) is 14.4 Å². The average Bonchev–Trinajstić information content (AvgIpc) is 2.70. The van der Waals surface area contributed by atoms with E-state index in [0.29, 0.717) is 19.3 Å². The standard InChI is InChI=1S/C15H18O5/c1-19-12-7-10-8(3-2-4-11(12)16)5-6-9-13(10)15(18)20-14(9)17/h5,9-10,12-13H,2-4,6-7H2,1H3/t9-,10+,12+,13-/m1/s1. The Kier molecular flexibility index (Phi) is 3.46. The van der Waals surface area contributed by atoms with Crippen molar-refractivity contribution < 1.29 is 23.9 Å². The van der Waals surface area contributed by atoms with Crippen LogP contribution in [-0.4, -0.2) is 30.9 Å². The van der Waals surface area contributed by atoms with Crippen molar-refractivity contribution in [3.63, 3.8) is 0 Å². The lowest BCUT2D eigenvalue weighted by Gasteiger charge is -2.34. The quantitative estimate of drug-likeness (QED) is 0.412. The Balaban J connectivity index is 1.92. The molecule has 0 unspecified atom stereocenters. The van der Waals surface area contributed by atoms with E-state index in [-0.39, 0.29) is 17.6 Å². The summed E-state index contributed by atoms with van der Waals surface area (Å²) in [5, 5.41) is 0. The second kappa shape index (κ2) is 5.13. The molecule has 1 saturated carbocycles. The number of hydrogen-bond donors (Lipinski definition) is 0. The normalized spacial score (nSPS) is 37.5. The third-order valence-corrected chi connectivity index (χ3v) is 4.75. The number of esters is 2. The molecular weight excluding hydrogens is 260 g/mol. The molecule has 0 aromatic carbocycles. The van der Waals surface area contributed by atoms with E-state index in [1.54, 1.807) is 0 Å². The third kappa shape index (κ3) is 2.10. The highest BCUT2D eigenvalue weighted by atomic mass is 16.6. The van der Waals surface area contributed by atoms with Crippen LogP contribution in [-0.2, 0) is 23.9 Å². The third-order valence-electron chi connectivity index (χ3n) is 4.75. The van der Waals surface area contributed by atoms with Gasteiger partial charge in [0.05, 0.1) is 11.8 Å². The summed E-state index contributed by atoms with van der Waals surface area (Å²) in [6, 6.07) is 0. The van der Waals surface area contributed by atoms with Gasteiger partial charge in [-0.15, -0.1) is 0 Å². The molecule has 0 aromatic rings. The van der Waals surface area contributed by atoms with Crippen LogP contribution in [0.1, 0.15) is 32.1 Å². The summed E-state index contributed by atoms with van der Waals surface area (Å²) < 4.78 is 10.1. The Bertz CT molecular complexity index is 492. The molecule has 5 heteroatoms. The van der Waals surface area contributed by atoms with E-state index < -0.39 is 24.0 Å². The van der Waals surface area contributed by atoms with Gasteiger partial charge in [0.1, 0.15) is 6.10 Å². The molecule has 1 saturated heterocycles. The molecule has 1 heterocycles. The zero-order valence-corrected chi connectivity index (χ0v) is 11.5. The van der Waals surface area contributed by atoms with Crippen molar-refractivity contribution in [2.24, 2.45) is 17.8 Å². The van der Waals surface area contributed by atoms with Gasteiger partial charge in [0.15, 0.2) is 5.78 Å². The first-order valence-electron chi connectivity index (χ1n) is 7.11. The summed E-state index contributed by atoms with van der Waals surface area (Å²) in [6.07, 6.45) is 4.75. The number of fused-ring (bicyclic) bond motifs is 3. The summed E-state index contributed by atoms with van der Waals surface area (Å²) in [5.41, 5.74) is 1.19. The molecule has 0 radical (unpaired) electrons. The molecule has 0 aromatic heterocycles. The molecule has 20 heavy (non-hydrogen) atoms. The molecule has 1 aliphatic heterocycles. The van der Waals surface area contributed by atoms with E-state index in [1.807, 2.05) is 0 Å². The predicted molar refractivity (Wildman–Crippen MR) is 68.5 cm³/mol. The summed E-state index contributed by atoms with van der Waals surface area (Å²) in [6.45, 7) is 0. The van der Waals surface area contributed by atoms with Crippen molar-refractivity contribution in [1.29, 1.82) is 0 Å². The van der Waals surface area contributed by atoms with Gasteiger partial charge in [-0.25, -0.2) is 0 Å². The molecule has 108 valence electrons. The molecule has 3 aliphatic rings. The van der Waals surface area contributed by atoms with Gasteiger partial charge in [-0.05, 0) is 31.6 Å². The Morgan fingerprint density at radius 2 is 1.95 bits per heavy atom. The molecule has 0 amide bonds. The molecule has 5 nitrogen and oxygen atoms in total. The largest absolute Gasteiger partial charge is 0.393 e. The Morgan fingerprint density at radius 3 is 2.70 bits per heavy atom. The van der Waals surface area contributed by atoms with Gasteiger partial charge in [0.2, 0.25) is 0 Å². The van der Waals surface area contributed by atoms with E-state index in [2.05, 4.69) is 6.08 Å². The zero-order chi connectivity index (χ0) is 14.3. The first kappa shape index (κ1) is 13.5. The highest BCUT2D eigenvalue weighted by Crippen LogP contribution is 2.45. The van der Waals surface area contributed by atoms with E-state index >= 15 is 0 Å². The van der Waals surface area contributed by atoms with Gasteiger partial charge >= 0.3 is 11.9 Å². The van der Waals surface area contributed by atoms with E-state index in [1.165, 1.54) is 12.7 Å². The molecule has 0 spiro atoms. The van der Waals surface area contributed by atoms with Crippen LogP contribution >= 0.6 is 0 Å². The second-order valence-corrected chi connectivity index (χ2v) is 5.77. The zero-order valence-electron chi connectivity index (χ0n) is 11.5. The van der Waals surface area contributed by atoms with Gasteiger partial charge < -0.3 is 9.47 Å². The van der Waals surface area contributed by atoms with Crippen LogP contribution in [0.15, 0.2) is 11.6 Å². The van der Waals surface area contributed by atoms with Crippen molar-refractivity contribution in [2.75, 3.05) is 7.11 Å². The van der Waals surface area contributed by atoms with Crippen molar-refractivity contribution in [3.05, 3.63) is 11.6 Å². The first-order chi connectivity index (χ1) is 9.61. The highest BCUT2D eigenvalue weighted by Gasteiger charge is 2.51. The van der Waals surface area contributed by atoms with Crippen LogP contribution in [0.25, 0.3) is 0 Å². The summed E-state index contributed by atoms with van der Waals surface area (Å²) in [4.78, 5) is 35.6. The SMILES string of the molecule is CO[C@H]1C[C@H]2C(=CC[C@H]3C(=O)OC(=O)[C@H]32)CCCC1=O. The molecule has 2 aliphatic carbocycles. The fourth-order valence-corrected chi connectivity index (χ4v) is 3.70. The van der Waals surface area contributed by atoms with Gasteiger partial charge in [0.25, 0.3) is 0 Å². The number of rotatable bonds is 1. The average molecular weight is 278 g/mol. The maximum atomic E-state index is 12.0. The van der Waals surface area contributed by atoms with E-state index in [0.717, 1.165) is 12.8 Å². The Morgan fingerprint density at radius 1 is 1.15 bits per heavy atom. The van der Waals surface area contributed by atoms with Crippen LogP contribution < -0.4 is 0 Å². The monoisotopic (exact) mass is 278 g/mol. The molecule has 4 atom stereocenters. The molecule has 0 N–H and O–H groups in total. The van der Waals surface area contributed by atoms with Gasteiger partial charge in [-0.2, -0.15) is 0 Å². The Hall–Kier alpha value is -1.49. The number of ketones is 1. The van der Waals surface area contributed by atoms with Gasteiger partial charge in [-0.3, -0.25) is 14.4 Å². The summed E-state index contributed by atoms with van der Waals surface area (Å²) in [7, 11) is 1.52. The predicted octanol–water partition coefficient (Wildman–Crippen LogP) is 1.41. The van der Waals surface area contributed by atoms with Crippen molar-refractivity contribution in [2.45, 2.75) is 38.2 Å². The Labute approximate surface area is 117 Å². The fraction of sp³-hybridized carbons (Fsp3) is 0.667. The second-order valence-electron chi connectivity index (χ2n) is 5.77. The molecular formula is C15H18O5. The number of methoxy groups -OCH3 is 1. The lowest BCUT2D eigenvalue weighted by atomic mass is 9.68. The lowest BCUT2D eigenvalue weighted by Crippen LogP contribution is -2.37. The summed E-state index contributed by atoms with van der Waals surface area (Å²) in [5.74, 6) is -1.65. The number of carbonyl (C=O) groups is 3. The van der Waals surface area contributed by atoms with Crippen molar-refractivity contribution in [3.8, 4) is 0 Å². The van der Waals surface area contributed by atoms with Gasteiger partial charge in [-0.1, -0.05) is 11.6 Å². The first-order valence-corrected chi connectivity index (χ1v) is 7.11. The highest BCUT2D eigenvalue weighted by molar-refractivity contribution is 5.97. The van der Waals surface area contributed by atoms with Crippen LogP contribution in [0, 0.1) is 17.8 Å². The lowest BCUT2D eigenvalue weighted by molar-refractivity contribution is -0.154. The molecule has 0 bridgehead atoms. The number of ether oxygens (including phenoxy) is 2. The smallest absolute Gasteiger partial charge is 0.318 e. The minimum absolute atomic E-state index is 0.0892. The maximum Gasteiger partial charge on any atom is 0.318 e. The fourth-order valence-electron chi connectivity index (χ4n) is 3.70. The molecule has 2 fully saturated rings. The topological polar surface area (TPSA) is 69.7 Å². The minimum Gasteiger partial charge on any atom is -0.393 e. The van der Waals surface area contributed by atoms with Crippen molar-refractivity contribution >= 4 is 17.7 Å². The van der Waals surface area contributed by atoms with Crippen molar-refractivity contribution in [1.82, 2.24) is 0 Å². The van der Waals surface area contributed by atoms with Crippen LogP contribution in [0.4, 0.5) is 0 Å². The minimum atomic E-state index is -0.481. The van der Waals surface area contributed by atoms with Gasteiger partial charge in [0, 0.05) is 13.5 Å². The number of Topliss-reactive ketones (excluding diaryl/α,β-unsaturated/α-hetero) is 1. The van der Waals surface area contributed by atoms with E-state index in [4.69, 9.17) is 9.47 Å².